The van der Waals surface area contributed by atoms with Gasteiger partial charge in [0, 0.05) is 17.7 Å². The highest BCUT2D eigenvalue weighted by molar-refractivity contribution is 5.94. The minimum Gasteiger partial charge on any atom is -0.497 e. The molecule has 5 aromatic rings. The molecule has 0 saturated carbocycles. The first-order valence-electron chi connectivity index (χ1n) is 10.7. The van der Waals surface area contributed by atoms with Crippen molar-refractivity contribution in [3.05, 3.63) is 89.2 Å². The molecule has 0 saturated heterocycles. The number of carbonyl (C=O) groups is 1. The van der Waals surface area contributed by atoms with Crippen molar-refractivity contribution in [2.45, 2.75) is 6.54 Å². The summed E-state index contributed by atoms with van der Waals surface area (Å²) in [4.78, 5) is 31.0. The van der Waals surface area contributed by atoms with Gasteiger partial charge in [0.25, 0.3) is 5.56 Å². The standard InChI is InChI=1S/C26H22N4O4/c1-33-18-12-13-19(23(14-18)34-2)27-24(31)16-29-21-10-6-7-11-22(21)30-25(32)15-20(28-26(29)30)17-8-4-3-5-9-17/h3-15H,16H2,1-2H3,(H,27,31). The second-order valence-corrected chi connectivity index (χ2v) is 7.67. The topological polar surface area (TPSA) is 86.9 Å². The number of hydrogen-bond donors (Lipinski definition) is 1. The van der Waals surface area contributed by atoms with Crippen LogP contribution in [-0.4, -0.2) is 34.1 Å². The molecular formula is C26H22N4O4. The van der Waals surface area contributed by atoms with Crippen LogP contribution >= 0.6 is 0 Å². The zero-order chi connectivity index (χ0) is 23.7. The lowest BCUT2D eigenvalue weighted by Gasteiger charge is -2.12. The van der Waals surface area contributed by atoms with E-state index in [0.717, 1.165) is 11.1 Å². The number of amides is 1. The average Bonchev–Trinajstić information content (AvgIpc) is 3.18. The molecule has 1 N–H and O–H groups in total. The fourth-order valence-corrected chi connectivity index (χ4v) is 4.01. The van der Waals surface area contributed by atoms with E-state index < -0.39 is 0 Å². The molecule has 0 radical (unpaired) electrons. The van der Waals surface area contributed by atoms with E-state index in [1.807, 2.05) is 54.6 Å². The maximum absolute atomic E-state index is 13.1. The zero-order valence-corrected chi connectivity index (χ0v) is 18.7. The number of fused-ring (bicyclic) bond motifs is 3. The van der Waals surface area contributed by atoms with Crippen molar-refractivity contribution >= 4 is 28.4 Å². The van der Waals surface area contributed by atoms with Gasteiger partial charge < -0.3 is 19.4 Å². The molecule has 5 rings (SSSR count). The Morgan fingerprint density at radius 2 is 1.65 bits per heavy atom. The molecule has 0 aliphatic heterocycles. The minimum atomic E-state index is -0.286. The molecule has 0 spiro atoms. The normalized spacial score (nSPS) is 11.0. The van der Waals surface area contributed by atoms with Crippen molar-refractivity contribution < 1.29 is 14.3 Å². The molecule has 0 atom stereocenters. The number of methoxy groups -OCH3 is 2. The Kier molecular flexibility index (Phi) is 5.47. The Hall–Kier alpha value is -4.59. The first-order valence-corrected chi connectivity index (χ1v) is 10.7. The van der Waals surface area contributed by atoms with Gasteiger partial charge in [0.1, 0.15) is 18.0 Å². The maximum atomic E-state index is 13.1. The summed E-state index contributed by atoms with van der Waals surface area (Å²) in [5, 5.41) is 2.89. The highest BCUT2D eigenvalue weighted by atomic mass is 16.5. The molecule has 0 unspecified atom stereocenters. The first-order chi connectivity index (χ1) is 16.6. The van der Waals surface area contributed by atoms with Gasteiger partial charge >= 0.3 is 0 Å². The van der Waals surface area contributed by atoms with E-state index in [4.69, 9.17) is 14.5 Å². The molecule has 2 heterocycles. The Labute approximate surface area is 195 Å². The molecule has 0 bridgehead atoms. The van der Waals surface area contributed by atoms with E-state index in [1.165, 1.54) is 17.6 Å². The van der Waals surface area contributed by atoms with Crippen molar-refractivity contribution in [2.24, 2.45) is 0 Å². The highest BCUT2D eigenvalue weighted by Crippen LogP contribution is 2.29. The van der Waals surface area contributed by atoms with Crippen molar-refractivity contribution in [1.29, 1.82) is 0 Å². The fraction of sp³-hybridized carbons (Fsp3) is 0.115. The van der Waals surface area contributed by atoms with E-state index in [1.54, 1.807) is 29.9 Å². The Balaban J connectivity index is 1.59. The third-order valence-electron chi connectivity index (χ3n) is 5.61. The predicted molar refractivity (Wildman–Crippen MR) is 131 cm³/mol. The number of anilines is 1. The Bertz CT molecular complexity index is 1570. The zero-order valence-electron chi connectivity index (χ0n) is 18.7. The van der Waals surface area contributed by atoms with Gasteiger partial charge in [-0.25, -0.2) is 9.38 Å². The van der Waals surface area contributed by atoms with Crippen molar-refractivity contribution in [3.8, 4) is 22.8 Å². The highest BCUT2D eigenvalue weighted by Gasteiger charge is 2.18. The van der Waals surface area contributed by atoms with E-state index in [0.29, 0.717) is 34.2 Å². The number of aromatic nitrogens is 3. The van der Waals surface area contributed by atoms with Gasteiger partial charge in [0.05, 0.1) is 36.6 Å². The molecular weight excluding hydrogens is 432 g/mol. The molecule has 0 aliphatic carbocycles. The lowest BCUT2D eigenvalue weighted by molar-refractivity contribution is -0.116. The van der Waals surface area contributed by atoms with Gasteiger partial charge in [0.2, 0.25) is 11.7 Å². The summed E-state index contributed by atoms with van der Waals surface area (Å²) < 4.78 is 13.9. The summed E-state index contributed by atoms with van der Waals surface area (Å²) in [5.74, 6) is 1.21. The average molecular weight is 454 g/mol. The summed E-state index contributed by atoms with van der Waals surface area (Å²) in [7, 11) is 3.09. The van der Waals surface area contributed by atoms with E-state index >= 15 is 0 Å². The number of nitrogens with zero attached hydrogens (tertiary/aromatic N) is 3. The summed E-state index contributed by atoms with van der Waals surface area (Å²) >= 11 is 0. The number of nitrogens with one attached hydrogen (secondary N) is 1. The summed E-state index contributed by atoms with van der Waals surface area (Å²) in [6.07, 6.45) is 0. The maximum Gasteiger partial charge on any atom is 0.260 e. The van der Waals surface area contributed by atoms with Gasteiger partial charge in [-0.15, -0.1) is 0 Å². The lowest BCUT2D eigenvalue weighted by atomic mass is 10.1. The molecule has 0 fully saturated rings. The van der Waals surface area contributed by atoms with Crippen molar-refractivity contribution in [3.63, 3.8) is 0 Å². The van der Waals surface area contributed by atoms with Crippen LogP contribution in [-0.2, 0) is 11.3 Å². The van der Waals surface area contributed by atoms with Crippen LogP contribution < -0.4 is 20.3 Å². The molecule has 2 aromatic heterocycles. The number of ether oxygens (including phenoxy) is 2. The van der Waals surface area contributed by atoms with Crippen LogP contribution in [0, 0.1) is 0 Å². The number of imidazole rings is 1. The smallest absolute Gasteiger partial charge is 0.260 e. The lowest BCUT2D eigenvalue weighted by Crippen LogP contribution is -2.21. The molecule has 8 nitrogen and oxygen atoms in total. The van der Waals surface area contributed by atoms with Crippen molar-refractivity contribution in [1.82, 2.24) is 14.0 Å². The second kappa shape index (κ2) is 8.74. The SMILES string of the molecule is COc1ccc(NC(=O)Cn2c3ccccc3n3c(=O)cc(-c4ccccc4)nc23)c(OC)c1. The van der Waals surface area contributed by atoms with Gasteiger partial charge in [0.15, 0.2) is 0 Å². The number of benzene rings is 3. The van der Waals surface area contributed by atoms with Crippen LogP contribution in [0.1, 0.15) is 0 Å². The van der Waals surface area contributed by atoms with Crippen LogP contribution in [0.15, 0.2) is 83.7 Å². The predicted octanol–water partition coefficient (Wildman–Crippen LogP) is 3.97. The quantitative estimate of drug-likeness (QED) is 0.420. The largest absolute Gasteiger partial charge is 0.497 e. The van der Waals surface area contributed by atoms with Crippen LogP contribution in [0.25, 0.3) is 28.1 Å². The van der Waals surface area contributed by atoms with Crippen LogP contribution in [0.3, 0.4) is 0 Å². The molecule has 1 amide bonds. The Morgan fingerprint density at radius 1 is 0.912 bits per heavy atom. The number of rotatable bonds is 6. The monoisotopic (exact) mass is 454 g/mol. The molecule has 8 heteroatoms. The number of para-hydroxylation sites is 2. The third-order valence-corrected chi connectivity index (χ3v) is 5.61. The van der Waals surface area contributed by atoms with Gasteiger partial charge in [-0.2, -0.15) is 0 Å². The minimum absolute atomic E-state index is 0.0448. The van der Waals surface area contributed by atoms with Crippen LogP contribution in [0.4, 0.5) is 5.69 Å². The van der Waals surface area contributed by atoms with E-state index in [9.17, 15) is 9.59 Å². The van der Waals surface area contributed by atoms with Gasteiger partial charge in [-0.05, 0) is 24.3 Å². The van der Waals surface area contributed by atoms with Crippen molar-refractivity contribution in [2.75, 3.05) is 19.5 Å². The van der Waals surface area contributed by atoms with Crippen LogP contribution in [0.5, 0.6) is 11.5 Å². The molecule has 170 valence electrons. The third kappa shape index (κ3) is 3.75. The fourth-order valence-electron chi connectivity index (χ4n) is 4.01. The summed E-state index contributed by atoms with van der Waals surface area (Å²) in [5.41, 5.74) is 3.09. The first kappa shape index (κ1) is 21.3. The summed E-state index contributed by atoms with van der Waals surface area (Å²) in [6.45, 7) is -0.0448. The van der Waals surface area contributed by atoms with E-state index in [2.05, 4.69) is 5.32 Å². The van der Waals surface area contributed by atoms with Gasteiger partial charge in [-0.1, -0.05) is 42.5 Å². The number of carbonyl (C=O) groups excluding carboxylic acids is 1. The molecule has 0 aliphatic rings. The van der Waals surface area contributed by atoms with Crippen LogP contribution in [0.2, 0.25) is 0 Å². The van der Waals surface area contributed by atoms with E-state index in [-0.39, 0.29) is 18.0 Å². The summed E-state index contributed by atoms with van der Waals surface area (Å²) in [6, 6.07) is 23.6. The second-order valence-electron chi connectivity index (χ2n) is 7.67. The Morgan fingerprint density at radius 3 is 2.38 bits per heavy atom. The molecule has 3 aromatic carbocycles. The number of hydrogen-bond acceptors (Lipinski definition) is 5. The van der Waals surface area contributed by atoms with Gasteiger partial charge in [-0.3, -0.25) is 9.59 Å². The molecule has 34 heavy (non-hydrogen) atoms.